The topological polar surface area (TPSA) is 101 Å². The summed E-state index contributed by atoms with van der Waals surface area (Å²) >= 11 is 0. The number of hydrogen-bond donors (Lipinski definition) is 1. The van der Waals surface area contributed by atoms with Crippen LogP contribution in [-0.4, -0.2) is 57.0 Å². The van der Waals surface area contributed by atoms with Crippen LogP contribution in [0, 0.1) is 6.92 Å². The Morgan fingerprint density at radius 2 is 1.40 bits per heavy atom. The van der Waals surface area contributed by atoms with Crippen LogP contribution in [0.1, 0.15) is 49.4 Å². The van der Waals surface area contributed by atoms with Gasteiger partial charge in [-0.2, -0.15) is 0 Å². The van der Waals surface area contributed by atoms with Crippen LogP contribution in [0.3, 0.4) is 0 Å². The number of ether oxygens (including phenoxy) is 4. The molecule has 0 saturated carbocycles. The fourth-order valence-corrected chi connectivity index (χ4v) is 6.94. The van der Waals surface area contributed by atoms with E-state index in [0.29, 0.717) is 18.6 Å². The molecule has 3 aromatic carbocycles. The van der Waals surface area contributed by atoms with Gasteiger partial charge >= 0.3 is 5.69 Å². The molecule has 3 atom stereocenters. The van der Waals surface area contributed by atoms with Gasteiger partial charge in [0.1, 0.15) is 23.2 Å². The number of methoxy groups -OCH3 is 2. The second-order valence-corrected chi connectivity index (χ2v) is 18.8. The minimum atomic E-state index is -2.15. The Morgan fingerprint density at radius 1 is 0.854 bits per heavy atom. The zero-order valence-electron chi connectivity index (χ0n) is 29.2. The summed E-state index contributed by atoms with van der Waals surface area (Å²) in [6.07, 6.45) is 0.859. The van der Waals surface area contributed by atoms with Crippen LogP contribution in [0.15, 0.2) is 94.6 Å². The van der Waals surface area contributed by atoms with E-state index in [1.54, 1.807) is 27.3 Å². The molecule has 4 aromatic rings. The molecule has 0 aliphatic carbocycles. The molecule has 9 nitrogen and oxygen atoms in total. The maximum Gasteiger partial charge on any atom is 0.328 e. The second kappa shape index (κ2) is 14.3. The average molecular weight is 673 g/mol. The number of rotatable bonds is 12. The molecule has 1 N–H and O–H groups in total. The Kier molecular flexibility index (Phi) is 10.5. The molecule has 48 heavy (non-hydrogen) atoms. The molecule has 2 heterocycles. The van der Waals surface area contributed by atoms with Gasteiger partial charge < -0.3 is 23.4 Å². The van der Waals surface area contributed by atoms with Crippen LogP contribution in [0.4, 0.5) is 0 Å². The Morgan fingerprint density at radius 3 is 1.92 bits per heavy atom. The molecule has 1 saturated heterocycles. The molecular formula is C38H48N2O7Si. The van der Waals surface area contributed by atoms with Crippen molar-refractivity contribution < 1.29 is 23.4 Å². The molecule has 1 aromatic heterocycles. The SMILES string of the molecule is COc1ccc(C(O[C@H]2C[C@H](Cn3cc(C)c(=O)[nH]c3=O)O[C@@H]2CO[Si](C)(C)C(C)(C)C)(c2ccccc2)c2ccc(OC)cc2)cc1. The van der Waals surface area contributed by atoms with Gasteiger partial charge in [0, 0.05) is 18.2 Å². The summed E-state index contributed by atoms with van der Waals surface area (Å²) in [7, 11) is 1.15. The number of benzene rings is 3. The molecule has 0 unspecified atom stereocenters. The first-order valence-corrected chi connectivity index (χ1v) is 19.3. The lowest BCUT2D eigenvalue weighted by Gasteiger charge is -2.40. The van der Waals surface area contributed by atoms with E-state index >= 15 is 0 Å². The van der Waals surface area contributed by atoms with Crippen molar-refractivity contribution in [1.82, 2.24) is 9.55 Å². The smallest absolute Gasteiger partial charge is 0.328 e. The minimum absolute atomic E-state index is 0.00208. The largest absolute Gasteiger partial charge is 0.497 e. The highest BCUT2D eigenvalue weighted by molar-refractivity contribution is 6.74. The van der Waals surface area contributed by atoms with E-state index in [4.69, 9.17) is 23.4 Å². The summed E-state index contributed by atoms with van der Waals surface area (Å²) in [4.78, 5) is 27.3. The molecule has 5 rings (SSSR count). The number of H-pyrrole nitrogens is 1. The third-order valence-electron chi connectivity index (χ3n) is 9.78. The van der Waals surface area contributed by atoms with Crippen molar-refractivity contribution in [2.24, 2.45) is 0 Å². The lowest BCUT2D eigenvalue weighted by Crippen LogP contribution is -2.46. The van der Waals surface area contributed by atoms with Gasteiger partial charge in [-0.3, -0.25) is 14.3 Å². The first-order chi connectivity index (χ1) is 22.8. The number of nitrogens with one attached hydrogen (secondary N) is 1. The molecule has 0 amide bonds. The van der Waals surface area contributed by atoms with E-state index in [2.05, 4.69) is 51.0 Å². The van der Waals surface area contributed by atoms with Crippen molar-refractivity contribution in [3.8, 4) is 11.5 Å². The fraction of sp³-hybridized carbons (Fsp3) is 0.421. The summed E-state index contributed by atoms with van der Waals surface area (Å²) in [5, 5.41) is 0.00208. The van der Waals surface area contributed by atoms with Gasteiger partial charge in [0.15, 0.2) is 8.32 Å². The minimum Gasteiger partial charge on any atom is -0.497 e. The van der Waals surface area contributed by atoms with Crippen molar-refractivity contribution in [3.05, 3.63) is 128 Å². The van der Waals surface area contributed by atoms with Crippen LogP contribution in [-0.2, 0) is 26.0 Å². The lowest BCUT2D eigenvalue weighted by molar-refractivity contribution is -0.0934. The highest BCUT2D eigenvalue weighted by Gasteiger charge is 2.47. The van der Waals surface area contributed by atoms with Gasteiger partial charge in [0.05, 0.1) is 39.6 Å². The van der Waals surface area contributed by atoms with E-state index in [-0.39, 0.29) is 17.7 Å². The van der Waals surface area contributed by atoms with Gasteiger partial charge in [-0.05, 0) is 66.0 Å². The molecule has 10 heteroatoms. The number of hydrogen-bond acceptors (Lipinski definition) is 7. The quantitative estimate of drug-likeness (QED) is 0.137. The van der Waals surface area contributed by atoms with Crippen LogP contribution < -0.4 is 20.7 Å². The van der Waals surface area contributed by atoms with Crippen LogP contribution >= 0.6 is 0 Å². The van der Waals surface area contributed by atoms with E-state index in [1.807, 2.05) is 66.7 Å². The second-order valence-electron chi connectivity index (χ2n) is 14.0. The van der Waals surface area contributed by atoms with Gasteiger partial charge in [-0.25, -0.2) is 4.79 Å². The van der Waals surface area contributed by atoms with Crippen LogP contribution in [0.2, 0.25) is 18.1 Å². The Balaban J connectivity index is 1.61. The van der Waals surface area contributed by atoms with Crippen molar-refractivity contribution in [1.29, 1.82) is 0 Å². The zero-order valence-corrected chi connectivity index (χ0v) is 30.2. The van der Waals surface area contributed by atoms with Crippen molar-refractivity contribution >= 4 is 8.32 Å². The van der Waals surface area contributed by atoms with Gasteiger partial charge in [0.2, 0.25) is 0 Å². The average Bonchev–Trinajstić information content (AvgIpc) is 3.45. The molecule has 0 bridgehead atoms. The molecule has 1 aliphatic rings. The Bertz CT molecular complexity index is 1730. The monoisotopic (exact) mass is 672 g/mol. The summed E-state index contributed by atoms with van der Waals surface area (Å²) < 4.78 is 33.5. The highest BCUT2D eigenvalue weighted by Crippen LogP contribution is 2.45. The predicted molar refractivity (Wildman–Crippen MR) is 190 cm³/mol. The predicted octanol–water partition coefficient (Wildman–Crippen LogP) is 6.42. The normalized spacial score (nSPS) is 18.5. The fourth-order valence-electron chi connectivity index (χ4n) is 5.93. The van der Waals surface area contributed by atoms with Gasteiger partial charge in [-0.15, -0.1) is 0 Å². The summed E-state index contributed by atoms with van der Waals surface area (Å²) in [6.45, 7) is 13.4. The van der Waals surface area contributed by atoms with Gasteiger partial charge in [0.25, 0.3) is 5.56 Å². The summed E-state index contributed by atoms with van der Waals surface area (Å²) in [5.41, 5.74) is 1.32. The van der Waals surface area contributed by atoms with E-state index in [1.165, 1.54) is 4.57 Å². The first kappa shape index (κ1) is 35.3. The number of aryl methyl sites for hydroxylation is 1. The number of aromatic nitrogens is 2. The number of nitrogens with zero attached hydrogens (tertiary/aromatic N) is 1. The zero-order chi connectivity index (χ0) is 34.7. The molecule has 1 aliphatic heterocycles. The molecule has 1 fully saturated rings. The van der Waals surface area contributed by atoms with Crippen molar-refractivity contribution in [2.45, 2.75) is 82.7 Å². The maximum atomic E-state index is 12.8. The third kappa shape index (κ3) is 7.37. The standard InChI is InChI=1S/C38H48N2O7Si/c1-26-23-40(36(42)39-35(26)41)24-32-22-33(34(46-32)25-45-48(7,8)37(2,3)4)47-38(27-12-10-9-11-13-27,28-14-18-30(43-5)19-15-28)29-16-20-31(44-6)21-17-29/h9-21,23,32-34H,22,24-25H2,1-8H3,(H,39,41,42)/t32-,33+,34-/m1/s1. The van der Waals surface area contributed by atoms with Crippen molar-refractivity contribution in [2.75, 3.05) is 20.8 Å². The highest BCUT2D eigenvalue weighted by atomic mass is 28.4. The maximum absolute atomic E-state index is 12.8. The van der Waals surface area contributed by atoms with Gasteiger partial charge in [-0.1, -0.05) is 75.4 Å². The summed E-state index contributed by atoms with van der Waals surface area (Å²) in [6, 6.07) is 26.1. The van der Waals surface area contributed by atoms with E-state index in [0.717, 1.165) is 28.2 Å². The number of aromatic amines is 1. The Hall–Kier alpha value is -3.96. The molecular weight excluding hydrogens is 625 g/mol. The van der Waals surface area contributed by atoms with E-state index < -0.39 is 37.4 Å². The lowest BCUT2D eigenvalue weighted by atomic mass is 9.79. The summed E-state index contributed by atoms with van der Waals surface area (Å²) in [5.74, 6) is 1.48. The first-order valence-electron chi connectivity index (χ1n) is 16.4. The Labute approximate surface area is 283 Å². The van der Waals surface area contributed by atoms with E-state index in [9.17, 15) is 9.59 Å². The molecule has 0 spiro atoms. The van der Waals surface area contributed by atoms with Crippen LogP contribution in [0.25, 0.3) is 0 Å². The molecule has 256 valence electrons. The van der Waals surface area contributed by atoms with Crippen LogP contribution in [0.5, 0.6) is 11.5 Å². The van der Waals surface area contributed by atoms with Crippen molar-refractivity contribution in [3.63, 3.8) is 0 Å². The molecule has 0 radical (unpaired) electrons. The third-order valence-corrected chi connectivity index (χ3v) is 14.3.